The molecule has 2 aliphatic rings. The van der Waals surface area contributed by atoms with Crippen molar-refractivity contribution in [2.24, 2.45) is 4.99 Å². The SMILES string of the molecule is N#CC1=C(c2ccccc2)SC2=NCCN2C1=O. The zero-order valence-electron chi connectivity index (χ0n) is 9.46. The summed E-state index contributed by atoms with van der Waals surface area (Å²) in [5, 5.41) is 9.91. The van der Waals surface area contributed by atoms with Gasteiger partial charge >= 0.3 is 0 Å². The molecule has 18 heavy (non-hydrogen) atoms. The van der Waals surface area contributed by atoms with E-state index in [9.17, 15) is 10.1 Å². The first-order chi connectivity index (χ1) is 8.81. The molecule has 5 heteroatoms. The minimum atomic E-state index is -0.230. The molecule has 0 aliphatic carbocycles. The van der Waals surface area contributed by atoms with Crippen molar-refractivity contribution >= 4 is 27.7 Å². The highest BCUT2D eigenvalue weighted by Crippen LogP contribution is 2.38. The third kappa shape index (κ3) is 1.62. The van der Waals surface area contributed by atoms with Crippen molar-refractivity contribution in [3.8, 4) is 6.07 Å². The van der Waals surface area contributed by atoms with Crippen LogP contribution in [0.1, 0.15) is 5.56 Å². The standard InChI is InChI=1S/C13H9N3OS/c14-8-10-11(9-4-2-1-3-5-9)18-13-15-6-7-16(13)12(10)17/h1-5H,6-7H2. The number of hydrogen-bond donors (Lipinski definition) is 0. The van der Waals surface area contributed by atoms with E-state index in [0.717, 1.165) is 5.56 Å². The Morgan fingerprint density at radius 3 is 2.83 bits per heavy atom. The fourth-order valence-electron chi connectivity index (χ4n) is 1.97. The zero-order valence-corrected chi connectivity index (χ0v) is 10.3. The lowest BCUT2D eigenvalue weighted by atomic mass is 10.1. The van der Waals surface area contributed by atoms with Crippen LogP contribution in [0.25, 0.3) is 4.91 Å². The minimum absolute atomic E-state index is 0.215. The molecule has 0 spiro atoms. The monoisotopic (exact) mass is 255 g/mol. The van der Waals surface area contributed by atoms with E-state index in [0.29, 0.717) is 23.2 Å². The number of thioether (sulfide) groups is 1. The summed E-state index contributed by atoms with van der Waals surface area (Å²) in [6, 6.07) is 11.5. The number of carbonyl (C=O) groups excluding carboxylic acids is 1. The van der Waals surface area contributed by atoms with E-state index in [2.05, 4.69) is 4.99 Å². The summed E-state index contributed by atoms with van der Waals surface area (Å²) in [4.78, 5) is 18.8. The molecule has 4 nitrogen and oxygen atoms in total. The van der Waals surface area contributed by atoms with Gasteiger partial charge in [0.05, 0.1) is 6.54 Å². The fraction of sp³-hybridized carbons (Fsp3) is 0.154. The molecule has 0 aromatic heterocycles. The Bertz CT molecular complexity index is 613. The summed E-state index contributed by atoms with van der Waals surface area (Å²) in [5.41, 5.74) is 1.11. The maximum Gasteiger partial charge on any atom is 0.271 e. The van der Waals surface area contributed by atoms with Gasteiger partial charge in [-0.25, -0.2) is 0 Å². The van der Waals surface area contributed by atoms with Crippen LogP contribution in [0, 0.1) is 11.3 Å². The minimum Gasteiger partial charge on any atom is -0.285 e. The maximum absolute atomic E-state index is 12.2. The number of amidine groups is 1. The lowest BCUT2D eigenvalue weighted by Gasteiger charge is -2.24. The first kappa shape index (κ1) is 11.1. The highest BCUT2D eigenvalue weighted by atomic mass is 32.2. The molecule has 0 saturated carbocycles. The van der Waals surface area contributed by atoms with E-state index in [1.54, 1.807) is 4.90 Å². The van der Waals surface area contributed by atoms with E-state index in [1.165, 1.54) is 11.8 Å². The Morgan fingerprint density at radius 2 is 2.11 bits per heavy atom. The lowest BCUT2D eigenvalue weighted by molar-refractivity contribution is -0.122. The number of amides is 1. The van der Waals surface area contributed by atoms with Crippen LogP contribution in [-0.4, -0.2) is 29.1 Å². The molecular formula is C13H9N3OS. The normalized spacial score (nSPS) is 18.5. The van der Waals surface area contributed by atoms with E-state index >= 15 is 0 Å². The van der Waals surface area contributed by atoms with Crippen LogP contribution in [0.4, 0.5) is 0 Å². The second-order valence-corrected chi connectivity index (χ2v) is 4.88. The van der Waals surface area contributed by atoms with Crippen LogP contribution in [0.2, 0.25) is 0 Å². The van der Waals surface area contributed by atoms with Crippen LogP contribution < -0.4 is 0 Å². The number of nitrogens with zero attached hydrogens (tertiary/aromatic N) is 3. The van der Waals surface area contributed by atoms with Gasteiger partial charge in [-0.2, -0.15) is 5.26 Å². The summed E-state index contributed by atoms with van der Waals surface area (Å²) in [6.45, 7) is 1.20. The number of carbonyl (C=O) groups is 1. The smallest absolute Gasteiger partial charge is 0.271 e. The Kier molecular flexibility index (Phi) is 2.65. The van der Waals surface area contributed by atoms with Gasteiger partial charge < -0.3 is 0 Å². The molecule has 0 fully saturated rings. The second-order valence-electron chi connectivity index (χ2n) is 3.91. The van der Waals surface area contributed by atoms with Crippen LogP contribution >= 0.6 is 11.8 Å². The molecule has 0 radical (unpaired) electrons. The summed E-state index contributed by atoms with van der Waals surface area (Å²) >= 11 is 1.40. The van der Waals surface area contributed by atoms with E-state index in [4.69, 9.17) is 0 Å². The maximum atomic E-state index is 12.2. The van der Waals surface area contributed by atoms with Crippen molar-refractivity contribution in [1.82, 2.24) is 4.90 Å². The Balaban J connectivity index is 2.13. The number of hydrogen-bond acceptors (Lipinski definition) is 4. The van der Waals surface area contributed by atoms with Crippen molar-refractivity contribution in [3.63, 3.8) is 0 Å². The first-order valence-electron chi connectivity index (χ1n) is 5.55. The van der Waals surface area contributed by atoms with Gasteiger partial charge in [0.1, 0.15) is 11.6 Å². The molecule has 2 aliphatic heterocycles. The number of fused-ring (bicyclic) bond motifs is 1. The summed E-state index contributed by atoms with van der Waals surface area (Å²) in [5.74, 6) is -0.230. The second kappa shape index (κ2) is 4.31. The molecule has 0 atom stereocenters. The molecule has 1 aromatic carbocycles. The molecule has 1 aromatic rings. The molecule has 0 saturated heterocycles. The van der Waals surface area contributed by atoms with Crippen molar-refractivity contribution in [3.05, 3.63) is 41.5 Å². The average Bonchev–Trinajstić information content (AvgIpc) is 2.88. The quantitative estimate of drug-likeness (QED) is 0.769. The van der Waals surface area contributed by atoms with Gasteiger partial charge in [0.2, 0.25) is 0 Å². The molecular weight excluding hydrogens is 246 g/mol. The third-order valence-electron chi connectivity index (χ3n) is 2.83. The van der Waals surface area contributed by atoms with Gasteiger partial charge in [-0.3, -0.25) is 14.7 Å². The van der Waals surface area contributed by atoms with E-state index in [-0.39, 0.29) is 11.5 Å². The van der Waals surface area contributed by atoms with Crippen molar-refractivity contribution in [2.45, 2.75) is 0 Å². The van der Waals surface area contributed by atoms with Gasteiger partial charge in [-0.05, 0) is 17.3 Å². The molecule has 88 valence electrons. The molecule has 2 heterocycles. The third-order valence-corrected chi connectivity index (χ3v) is 4.00. The number of nitriles is 1. The van der Waals surface area contributed by atoms with Crippen molar-refractivity contribution in [1.29, 1.82) is 5.26 Å². The number of aliphatic imine (C=N–C) groups is 1. The predicted molar refractivity (Wildman–Crippen MR) is 70.6 cm³/mol. The topological polar surface area (TPSA) is 56.5 Å². The van der Waals surface area contributed by atoms with Gasteiger partial charge in [0, 0.05) is 11.4 Å². The van der Waals surface area contributed by atoms with E-state index < -0.39 is 0 Å². The Hall–Kier alpha value is -2.06. The zero-order chi connectivity index (χ0) is 12.5. The van der Waals surface area contributed by atoms with E-state index in [1.807, 2.05) is 36.4 Å². The highest BCUT2D eigenvalue weighted by Gasteiger charge is 2.35. The first-order valence-corrected chi connectivity index (χ1v) is 6.37. The highest BCUT2D eigenvalue weighted by molar-refractivity contribution is 8.21. The average molecular weight is 255 g/mol. The molecule has 3 rings (SSSR count). The number of benzene rings is 1. The van der Waals surface area contributed by atoms with Crippen LogP contribution in [-0.2, 0) is 4.79 Å². The van der Waals surface area contributed by atoms with Crippen LogP contribution in [0.3, 0.4) is 0 Å². The molecule has 1 amide bonds. The lowest BCUT2D eigenvalue weighted by Crippen LogP contribution is -2.36. The van der Waals surface area contributed by atoms with Gasteiger partial charge in [0.15, 0.2) is 5.17 Å². The van der Waals surface area contributed by atoms with Gasteiger partial charge in [-0.15, -0.1) is 0 Å². The Labute approximate surface area is 109 Å². The van der Waals surface area contributed by atoms with Crippen molar-refractivity contribution < 1.29 is 4.79 Å². The predicted octanol–water partition coefficient (Wildman–Crippen LogP) is 1.87. The van der Waals surface area contributed by atoms with Gasteiger partial charge in [-0.1, -0.05) is 30.3 Å². The summed E-state index contributed by atoms with van der Waals surface area (Å²) < 4.78 is 0. The van der Waals surface area contributed by atoms with Gasteiger partial charge in [0.25, 0.3) is 5.91 Å². The van der Waals surface area contributed by atoms with Crippen LogP contribution in [0.5, 0.6) is 0 Å². The molecule has 0 unspecified atom stereocenters. The summed E-state index contributed by atoms with van der Waals surface area (Å²) in [6.07, 6.45) is 0. The van der Waals surface area contributed by atoms with Crippen LogP contribution in [0.15, 0.2) is 40.9 Å². The largest absolute Gasteiger partial charge is 0.285 e. The molecule has 0 bridgehead atoms. The Morgan fingerprint density at radius 1 is 1.33 bits per heavy atom. The number of rotatable bonds is 1. The molecule has 0 N–H and O–H groups in total. The summed E-state index contributed by atoms with van der Waals surface area (Å²) in [7, 11) is 0. The fourth-order valence-corrected chi connectivity index (χ4v) is 3.08. The van der Waals surface area contributed by atoms with Crippen molar-refractivity contribution in [2.75, 3.05) is 13.1 Å².